The molecule has 0 bridgehead atoms. The summed E-state index contributed by atoms with van der Waals surface area (Å²) in [6, 6.07) is 0.0279. The van der Waals surface area contributed by atoms with Crippen LogP contribution in [0.25, 0.3) is 0 Å². The van der Waals surface area contributed by atoms with Crippen molar-refractivity contribution < 1.29 is 19.4 Å². The summed E-state index contributed by atoms with van der Waals surface area (Å²) in [6.07, 6.45) is 6.67. The van der Waals surface area contributed by atoms with Crippen molar-refractivity contribution in [1.82, 2.24) is 10.2 Å². The predicted molar refractivity (Wildman–Crippen MR) is 80.3 cm³/mol. The first-order chi connectivity index (χ1) is 10.1. The van der Waals surface area contributed by atoms with Crippen LogP contribution in [0.1, 0.15) is 51.4 Å². The average molecular weight is 300 g/mol. The number of rotatable bonds is 9. The van der Waals surface area contributed by atoms with E-state index in [0.717, 1.165) is 51.7 Å². The Bertz CT molecular complexity index is 323. The first-order valence-electron chi connectivity index (χ1n) is 7.90. The summed E-state index contributed by atoms with van der Waals surface area (Å²) in [7, 11) is 1.69. The van der Waals surface area contributed by atoms with E-state index in [4.69, 9.17) is 9.84 Å². The van der Waals surface area contributed by atoms with Gasteiger partial charge in [0.1, 0.15) is 0 Å². The predicted octanol–water partition coefficient (Wildman–Crippen LogP) is 2.23. The van der Waals surface area contributed by atoms with Gasteiger partial charge in [-0.15, -0.1) is 0 Å². The van der Waals surface area contributed by atoms with Crippen molar-refractivity contribution in [3.63, 3.8) is 0 Å². The van der Waals surface area contributed by atoms with Crippen molar-refractivity contribution in [3.05, 3.63) is 0 Å². The lowest BCUT2D eigenvalue weighted by Gasteiger charge is -2.35. The van der Waals surface area contributed by atoms with Crippen LogP contribution in [0.2, 0.25) is 0 Å². The summed E-state index contributed by atoms with van der Waals surface area (Å²) in [5.74, 6) is -0.793. The summed E-state index contributed by atoms with van der Waals surface area (Å²) in [6.45, 7) is 2.17. The SMILES string of the molecule is COCCCCCNC(=O)N1CCCCC1CCC(=O)O. The van der Waals surface area contributed by atoms with Crippen LogP contribution in [0.3, 0.4) is 0 Å². The van der Waals surface area contributed by atoms with Crippen LogP contribution in [0.5, 0.6) is 0 Å². The second-order valence-electron chi connectivity index (χ2n) is 5.56. The van der Waals surface area contributed by atoms with Gasteiger partial charge in [-0.25, -0.2) is 4.79 Å². The molecule has 2 N–H and O–H groups in total. The molecule has 1 saturated heterocycles. The maximum Gasteiger partial charge on any atom is 0.317 e. The molecule has 1 aliphatic rings. The third-order valence-electron chi connectivity index (χ3n) is 3.88. The molecule has 0 aromatic heterocycles. The lowest BCUT2D eigenvalue weighted by Crippen LogP contribution is -2.49. The number of piperidine rings is 1. The molecule has 1 heterocycles. The van der Waals surface area contributed by atoms with Gasteiger partial charge in [0.05, 0.1) is 0 Å². The number of ether oxygens (including phenoxy) is 1. The quantitative estimate of drug-likeness (QED) is 0.640. The number of unbranched alkanes of at least 4 members (excludes halogenated alkanes) is 2. The molecule has 0 aromatic rings. The number of likely N-dealkylation sites (tertiary alicyclic amines) is 1. The molecule has 2 amide bonds. The van der Waals surface area contributed by atoms with Crippen molar-refractivity contribution in [1.29, 1.82) is 0 Å². The Labute approximate surface area is 126 Å². The molecule has 0 aliphatic carbocycles. The first kappa shape index (κ1) is 17.8. The molecule has 6 heteroatoms. The standard InChI is InChI=1S/C15H28N2O4/c1-21-12-6-2-4-10-16-15(20)17-11-5-3-7-13(17)8-9-14(18)19/h13H,2-12H2,1H3,(H,16,20)(H,18,19). The molecule has 0 aromatic carbocycles. The second-order valence-corrected chi connectivity index (χ2v) is 5.56. The van der Waals surface area contributed by atoms with Crippen LogP contribution in [0.4, 0.5) is 4.79 Å². The van der Waals surface area contributed by atoms with Gasteiger partial charge in [-0.3, -0.25) is 4.79 Å². The van der Waals surface area contributed by atoms with Crippen LogP contribution >= 0.6 is 0 Å². The summed E-state index contributed by atoms with van der Waals surface area (Å²) in [4.78, 5) is 24.7. The Morgan fingerprint density at radius 3 is 2.81 bits per heavy atom. The lowest BCUT2D eigenvalue weighted by molar-refractivity contribution is -0.137. The molecular weight excluding hydrogens is 272 g/mol. The molecule has 0 saturated carbocycles. The van der Waals surface area contributed by atoms with Crippen molar-refractivity contribution in [3.8, 4) is 0 Å². The number of hydrogen-bond acceptors (Lipinski definition) is 3. The van der Waals surface area contributed by atoms with Crippen LogP contribution in [-0.4, -0.2) is 54.9 Å². The average Bonchev–Trinajstić information content (AvgIpc) is 2.48. The maximum absolute atomic E-state index is 12.2. The van der Waals surface area contributed by atoms with Gasteiger partial charge in [-0.1, -0.05) is 0 Å². The number of urea groups is 1. The largest absolute Gasteiger partial charge is 0.481 e. The Balaban J connectivity index is 2.26. The van der Waals surface area contributed by atoms with Gasteiger partial charge in [0.2, 0.25) is 0 Å². The second kappa shape index (κ2) is 10.4. The van der Waals surface area contributed by atoms with E-state index in [1.807, 2.05) is 4.90 Å². The maximum atomic E-state index is 12.2. The van der Waals surface area contributed by atoms with E-state index in [0.29, 0.717) is 13.0 Å². The van der Waals surface area contributed by atoms with Crippen LogP contribution < -0.4 is 5.32 Å². The van der Waals surface area contributed by atoms with Crippen LogP contribution in [-0.2, 0) is 9.53 Å². The molecule has 1 atom stereocenters. The lowest BCUT2D eigenvalue weighted by atomic mass is 9.98. The van der Waals surface area contributed by atoms with Crippen LogP contribution in [0, 0.1) is 0 Å². The molecule has 122 valence electrons. The highest BCUT2D eigenvalue weighted by Crippen LogP contribution is 2.20. The minimum absolute atomic E-state index is 0.0446. The number of carboxylic acids is 1. The number of carboxylic acid groups (broad SMARTS) is 1. The van der Waals surface area contributed by atoms with Gasteiger partial charge in [0.15, 0.2) is 0 Å². The summed E-state index contributed by atoms with van der Waals surface area (Å²) in [5.41, 5.74) is 0. The minimum atomic E-state index is -0.793. The van der Waals surface area contributed by atoms with Gasteiger partial charge >= 0.3 is 12.0 Å². The van der Waals surface area contributed by atoms with Gasteiger partial charge in [-0.05, 0) is 44.9 Å². The number of carbonyl (C=O) groups is 2. The van der Waals surface area contributed by atoms with E-state index in [2.05, 4.69) is 5.32 Å². The molecule has 6 nitrogen and oxygen atoms in total. The molecular formula is C15H28N2O4. The van der Waals surface area contributed by atoms with E-state index >= 15 is 0 Å². The molecule has 1 rings (SSSR count). The fourth-order valence-electron chi connectivity index (χ4n) is 2.70. The summed E-state index contributed by atoms with van der Waals surface area (Å²) < 4.78 is 4.98. The number of hydrogen-bond donors (Lipinski definition) is 2. The normalized spacial score (nSPS) is 18.5. The Morgan fingerprint density at radius 2 is 2.10 bits per heavy atom. The summed E-state index contributed by atoms with van der Waals surface area (Å²) >= 11 is 0. The highest BCUT2D eigenvalue weighted by Gasteiger charge is 2.26. The smallest absolute Gasteiger partial charge is 0.317 e. The van der Waals surface area contributed by atoms with E-state index in [9.17, 15) is 9.59 Å². The molecule has 21 heavy (non-hydrogen) atoms. The number of nitrogens with one attached hydrogen (secondary N) is 1. The third-order valence-corrected chi connectivity index (χ3v) is 3.88. The number of methoxy groups -OCH3 is 1. The fraction of sp³-hybridized carbons (Fsp3) is 0.867. The fourth-order valence-corrected chi connectivity index (χ4v) is 2.70. The Hall–Kier alpha value is -1.30. The van der Waals surface area contributed by atoms with Crippen LogP contribution in [0.15, 0.2) is 0 Å². The van der Waals surface area contributed by atoms with Crippen molar-refractivity contribution >= 4 is 12.0 Å². The molecule has 0 spiro atoms. The summed E-state index contributed by atoms with van der Waals surface area (Å²) in [5, 5.41) is 11.7. The molecule has 1 unspecified atom stereocenters. The van der Waals surface area contributed by atoms with Gasteiger partial charge in [0, 0.05) is 39.3 Å². The zero-order chi connectivity index (χ0) is 15.5. The molecule has 1 fully saturated rings. The number of aliphatic carboxylic acids is 1. The minimum Gasteiger partial charge on any atom is -0.481 e. The van der Waals surface area contributed by atoms with Gasteiger partial charge in [-0.2, -0.15) is 0 Å². The number of carbonyl (C=O) groups excluding carboxylic acids is 1. The Kier molecular flexibility index (Phi) is 8.82. The topological polar surface area (TPSA) is 78.9 Å². The first-order valence-corrected chi connectivity index (χ1v) is 7.90. The van der Waals surface area contributed by atoms with E-state index in [-0.39, 0.29) is 18.5 Å². The van der Waals surface area contributed by atoms with E-state index in [1.165, 1.54) is 0 Å². The molecule has 0 radical (unpaired) electrons. The Morgan fingerprint density at radius 1 is 1.29 bits per heavy atom. The van der Waals surface area contributed by atoms with Gasteiger partial charge < -0.3 is 20.1 Å². The van der Waals surface area contributed by atoms with Crippen molar-refractivity contribution in [2.24, 2.45) is 0 Å². The number of amides is 2. The molecule has 1 aliphatic heterocycles. The van der Waals surface area contributed by atoms with Crippen molar-refractivity contribution in [2.45, 2.75) is 57.4 Å². The number of nitrogens with zero attached hydrogens (tertiary/aromatic N) is 1. The zero-order valence-corrected chi connectivity index (χ0v) is 13.0. The zero-order valence-electron chi connectivity index (χ0n) is 13.0. The third kappa shape index (κ3) is 7.32. The highest BCUT2D eigenvalue weighted by atomic mass is 16.5. The highest BCUT2D eigenvalue weighted by molar-refractivity contribution is 5.74. The van der Waals surface area contributed by atoms with Crippen molar-refractivity contribution in [2.75, 3.05) is 26.8 Å². The monoisotopic (exact) mass is 300 g/mol. The van der Waals surface area contributed by atoms with Gasteiger partial charge in [0.25, 0.3) is 0 Å². The van der Waals surface area contributed by atoms with E-state index < -0.39 is 5.97 Å². The van der Waals surface area contributed by atoms with E-state index in [1.54, 1.807) is 7.11 Å².